The third-order valence-corrected chi connectivity index (χ3v) is 3.62. The summed E-state index contributed by atoms with van der Waals surface area (Å²) in [5.41, 5.74) is 1.34. The number of ether oxygens (including phenoxy) is 1. The van der Waals surface area contributed by atoms with Crippen molar-refractivity contribution in [3.63, 3.8) is 0 Å². The van der Waals surface area contributed by atoms with Crippen LogP contribution in [0.1, 0.15) is 5.69 Å². The molecule has 3 heterocycles. The summed E-state index contributed by atoms with van der Waals surface area (Å²) in [5, 5.41) is 0. The third kappa shape index (κ3) is 3.16. The molecule has 0 aliphatic carbocycles. The number of hydrogen-bond donors (Lipinski definition) is 0. The van der Waals surface area contributed by atoms with Crippen LogP contribution >= 0.6 is 0 Å². The summed E-state index contributed by atoms with van der Waals surface area (Å²) in [4.78, 5) is 11.8. The summed E-state index contributed by atoms with van der Waals surface area (Å²) in [7, 11) is 0. The lowest BCUT2D eigenvalue weighted by Gasteiger charge is -2.03. The second kappa shape index (κ2) is 6.27. The number of halogens is 2. The number of fused-ring (bicyclic) bond motifs is 1. The molecular weight excluding hydrogens is 326 g/mol. The molecule has 4 rings (SSSR count). The Balaban J connectivity index is 1.61. The molecule has 0 atom stereocenters. The van der Waals surface area contributed by atoms with Gasteiger partial charge in [-0.15, -0.1) is 0 Å². The lowest BCUT2D eigenvalue weighted by molar-refractivity contribution is 0.302. The number of pyridine rings is 1. The first kappa shape index (κ1) is 15.2. The van der Waals surface area contributed by atoms with Crippen molar-refractivity contribution in [2.45, 2.75) is 6.61 Å². The Morgan fingerprint density at radius 2 is 1.80 bits per heavy atom. The number of para-hydroxylation sites is 1. The molecular formula is C18H12F2N4O. The van der Waals surface area contributed by atoms with Gasteiger partial charge in [0.2, 0.25) is 17.7 Å². The highest BCUT2D eigenvalue weighted by Crippen LogP contribution is 2.21. The Kier molecular flexibility index (Phi) is 3.81. The molecule has 0 aliphatic heterocycles. The van der Waals surface area contributed by atoms with E-state index in [0.717, 1.165) is 11.8 Å². The van der Waals surface area contributed by atoms with Crippen molar-refractivity contribution in [3.05, 3.63) is 78.6 Å². The van der Waals surface area contributed by atoms with Crippen LogP contribution in [-0.4, -0.2) is 19.4 Å². The highest BCUT2D eigenvalue weighted by atomic mass is 19.1. The minimum Gasteiger partial charge on any atom is -0.487 e. The van der Waals surface area contributed by atoms with E-state index in [1.54, 1.807) is 16.8 Å². The van der Waals surface area contributed by atoms with Crippen LogP contribution in [0.5, 0.6) is 5.75 Å². The Labute approximate surface area is 141 Å². The number of aromatic nitrogens is 4. The predicted octanol–water partition coefficient (Wildman–Crippen LogP) is 3.65. The SMILES string of the molecule is Fc1ccc(-c2cnc3nc(COc4ccccc4)cn3c2)c(F)n1. The topological polar surface area (TPSA) is 52.3 Å². The van der Waals surface area contributed by atoms with Gasteiger partial charge in [-0.3, -0.25) is 4.40 Å². The summed E-state index contributed by atoms with van der Waals surface area (Å²) < 4.78 is 34.1. The second-order valence-corrected chi connectivity index (χ2v) is 5.36. The lowest BCUT2D eigenvalue weighted by atomic mass is 10.1. The summed E-state index contributed by atoms with van der Waals surface area (Å²) in [5.74, 6) is -0.536. The van der Waals surface area contributed by atoms with E-state index in [2.05, 4.69) is 15.0 Å². The molecule has 0 radical (unpaired) electrons. The number of rotatable bonds is 4. The number of nitrogens with zero attached hydrogens (tertiary/aromatic N) is 4. The standard InChI is InChI=1S/C18H12F2N4O/c19-16-7-6-15(17(20)23-16)12-8-21-18-22-13(10-24(18)9-12)11-25-14-4-2-1-3-5-14/h1-10H,11H2. The number of hydrogen-bond acceptors (Lipinski definition) is 4. The molecule has 1 aromatic carbocycles. The first-order valence-corrected chi connectivity index (χ1v) is 7.53. The summed E-state index contributed by atoms with van der Waals surface area (Å²) >= 11 is 0. The van der Waals surface area contributed by atoms with Crippen molar-refractivity contribution in [1.29, 1.82) is 0 Å². The van der Waals surface area contributed by atoms with E-state index in [0.29, 0.717) is 17.0 Å². The average molecular weight is 338 g/mol. The van der Waals surface area contributed by atoms with Gasteiger partial charge in [-0.05, 0) is 24.3 Å². The molecule has 4 aromatic rings. The van der Waals surface area contributed by atoms with E-state index in [1.807, 2.05) is 30.3 Å². The average Bonchev–Trinajstić information content (AvgIpc) is 3.03. The third-order valence-electron chi connectivity index (χ3n) is 3.62. The highest BCUT2D eigenvalue weighted by molar-refractivity contribution is 5.62. The van der Waals surface area contributed by atoms with Gasteiger partial charge in [0, 0.05) is 29.7 Å². The molecule has 0 bridgehead atoms. The quantitative estimate of drug-likeness (QED) is 0.533. The molecule has 0 N–H and O–H groups in total. The maximum Gasteiger partial charge on any atom is 0.234 e. The van der Waals surface area contributed by atoms with Gasteiger partial charge in [0.15, 0.2) is 0 Å². The van der Waals surface area contributed by atoms with E-state index in [1.165, 1.54) is 12.3 Å². The van der Waals surface area contributed by atoms with Crippen molar-refractivity contribution in [2.24, 2.45) is 0 Å². The van der Waals surface area contributed by atoms with Crippen LogP contribution in [-0.2, 0) is 6.61 Å². The predicted molar refractivity (Wildman–Crippen MR) is 86.9 cm³/mol. The fourth-order valence-corrected chi connectivity index (χ4v) is 2.44. The first-order valence-electron chi connectivity index (χ1n) is 7.53. The van der Waals surface area contributed by atoms with Gasteiger partial charge in [0.1, 0.15) is 12.4 Å². The molecule has 3 aromatic heterocycles. The number of benzene rings is 1. The van der Waals surface area contributed by atoms with Crippen molar-refractivity contribution in [2.75, 3.05) is 0 Å². The van der Waals surface area contributed by atoms with Gasteiger partial charge in [-0.1, -0.05) is 18.2 Å². The second-order valence-electron chi connectivity index (χ2n) is 5.36. The Morgan fingerprint density at radius 1 is 0.960 bits per heavy atom. The van der Waals surface area contributed by atoms with Gasteiger partial charge in [0.05, 0.1) is 5.69 Å². The zero-order valence-electron chi connectivity index (χ0n) is 12.9. The van der Waals surface area contributed by atoms with Gasteiger partial charge >= 0.3 is 0 Å². The van der Waals surface area contributed by atoms with E-state index in [-0.39, 0.29) is 12.2 Å². The molecule has 0 fully saturated rings. The molecule has 0 saturated heterocycles. The maximum absolute atomic E-state index is 13.8. The largest absolute Gasteiger partial charge is 0.487 e. The first-order chi connectivity index (χ1) is 12.2. The molecule has 0 spiro atoms. The van der Waals surface area contributed by atoms with E-state index in [9.17, 15) is 8.78 Å². The monoisotopic (exact) mass is 338 g/mol. The Bertz CT molecular complexity index is 1030. The smallest absolute Gasteiger partial charge is 0.234 e. The maximum atomic E-state index is 13.8. The van der Waals surface area contributed by atoms with Crippen molar-refractivity contribution < 1.29 is 13.5 Å². The zero-order valence-corrected chi connectivity index (χ0v) is 12.9. The Hall–Kier alpha value is -3.35. The minimum absolute atomic E-state index is 0.173. The number of imidazole rings is 1. The fraction of sp³-hybridized carbons (Fsp3) is 0.0556. The summed E-state index contributed by atoms with van der Waals surface area (Å²) in [6, 6.07) is 11.8. The molecule has 5 nitrogen and oxygen atoms in total. The van der Waals surface area contributed by atoms with Crippen LogP contribution < -0.4 is 4.74 Å². The summed E-state index contributed by atoms with van der Waals surface area (Å²) in [6.07, 6.45) is 4.89. The lowest BCUT2D eigenvalue weighted by Crippen LogP contribution is -1.95. The van der Waals surface area contributed by atoms with Crippen molar-refractivity contribution in [3.8, 4) is 16.9 Å². The van der Waals surface area contributed by atoms with Crippen LogP contribution in [0.25, 0.3) is 16.9 Å². The highest BCUT2D eigenvalue weighted by Gasteiger charge is 2.11. The molecule has 0 aliphatic rings. The zero-order chi connectivity index (χ0) is 17.2. The summed E-state index contributed by atoms with van der Waals surface area (Å²) in [6.45, 7) is 0.287. The fourth-order valence-electron chi connectivity index (χ4n) is 2.44. The van der Waals surface area contributed by atoms with Crippen LogP contribution in [0.15, 0.2) is 61.1 Å². The van der Waals surface area contributed by atoms with E-state index >= 15 is 0 Å². The van der Waals surface area contributed by atoms with Crippen molar-refractivity contribution in [1.82, 2.24) is 19.4 Å². The molecule has 0 unspecified atom stereocenters. The van der Waals surface area contributed by atoms with Crippen LogP contribution in [0.4, 0.5) is 8.78 Å². The van der Waals surface area contributed by atoms with Gasteiger partial charge in [-0.2, -0.15) is 13.8 Å². The van der Waals surface area contributed by atoms with Gasteiger partial charge in [-0.25, -0.2) is 9.97 Å². The van der Waals surface area contributed by atoms with E-state index in [4.69, 9.17) is 4.74 Å². The Morgan fingerprint density at radius 3 is 2.60 bits per heavy atom. The van der Waals surface area contributed by atoms with Crippen LogP contribution in [0.2, 0.25) is 0 Å². The van der Waals surface area contributed by atoms with Crippen LogP contribution in [0, 0.1) is 11.9 Å². The van der Waals surface area contributed by atoms with Crippen molar-refractivity contribution >= 4 is 5.78 Å². The minimum atomic E-state index is -0.881. The normalized spacial score (nSPS) is 11.0. The molecule has 0 amide bonds. The van der Waals surface area contributed by atoms with Gasteiger partial charge < -0.3 is 4.74 Å². The molecule has 0 saturated carbocycles. The molecule has 7 heteroatoms. The van der Waals surface area contributed by atoms with Crippen LogP contribution in [0.3, 0.4) is 0 Å². The molecule has 124 valence electrons. The molecule has 25 heavy (non-hydrogen) atoms. The van der Waals surface area contributed by atoms with Gasteiger partial charge in [0.25, 0.3) is 0 Å². The van der Waals surface area contributed by atoms with E-state index < -0.39 is 11.9 Å².